The van der Waals surface area contributed by atoms with E-state index in [-0.39, 0.29) is 24.3 Å². The SMILES string of the molecule is CC(C)C(=O)N1CCN(Cc2cc([N+](=O)[O-])cc3c2OCOC3)CC1. The minimum Gasteiger partial charge on any atom is -0.467 e. The zero-order valence-electron chi connectivity index (χ0n) is 14.6. The van der Waals surface area contributed by atoms with Crippen LogP contribution in [0, 0.1) is 16.0 Å². The van der Waals surface area contributed by atoms with Gasteiger partial charge in [0.15, 0.2) is 6.79 Å². The zero-order valence-corrected chi connectivity index (χ0v) is 14.6. The molecule has 0 radical (unpaired) electrons. The normalized spacial score (nSPS) is 18.0. The average molecular weight is 349 g/mol. The highest BCUT2D eigenvalue weighted by molar-refractivity contribution is 5.78. The van der Waals surface area contributed by atoms with Crippen LogP contribution in [0.3, 0.4) is 0 Å². The van der Waals surface area contributed by atoms with Crippen molar-refractivity contribution in [1.29, 1.82) is 0 Å². The van der Waals surface area contributed by atoms with E-state index in [2.05, 4.69) is 4.90 Å². The van der Waals surface area contributed by atoms with Gasteiger partial charge in [-0.3, -0.25) is 19.8 Å². The lowest BCUT2D eigenvalue weighted by molar-refractivity contribution is -0.385. The summed E-state index contributed by atoms with van der Waals surface area (Å²) in [6, 6.07) is 3.09. The topological polar surface area (TPSA) is 85.2 Å². The van der Waals surface area contributed by atoms with E-state index < -0.39 is 4.92 Å². The van der Waals surface area contributed by atoms with Gasteiger partial charge in [-0.25, -0.2) is 0 Å². The third-order valence-electron chi connectivity index (χ3n) is 4.55. The maximum Gasteiger partial charge on any atom is 0.270 e. The largest absolute Gasteiger partial charge is 0.467 e. The van der Waals surface area contributed by atoms with E-state index in [1.54, 1.807) is 6.07 Å². The molecule has 0 aliphatic carbocycles. The highest BCUT2D eigenvalue weighted by Crippen LogP contribution is 2.33. The molecule has 1 aromatic rings. The molecule has 8 heteroatoms. The summed E-state index contributed by atoms with van der Waals surface area (Å²) < 4.78 is 10.8. The highest BCUT2D eigenvalue weighted by atomic mass is 16.7. The smallest absolute Gasteiger partial charge is 0.270 e. The number of carbonyl (C=O) groups is 1. The predicted molar refractivity (Wildman–Crippen MR) is 90.1 cm³/mol. The number of hydrogen-bond donors (Lipinski definition) is 0. The molecule has 0 atom stereocenters. The standard InChI is InChI=1S/C17H23N3O5/c1-12(2)17(21)19-5-3-18(4-6-19)9-13-7-15(20(22)23)8-14-10-24-11-25-16(13)14/h7-8,12H,3-6,9-11H2,1-2H3. The van der Waals surface area contributed by atoms with Crippen LogP contribution in [0.4, 0.5) is 5.69 Å². The van der Waals surface area contributed by atoms with Gasteiger partial charge in [-0.05, 0) is 0 Å². The van der Waals surface area contributed by atoms with Crippen LogP contribution in [0.2, 0.25) is 0 Å². The molecule has 2 heterocycles. The van der Waals surface area contributed by atoms with Gasteiger partial charge in [-0.1, -0.05) is 13.8 Å². The van der Waals surface area contributed by atoms with E-state index >= 15 is 0 Å². The Kier molecular flexibility index (Phi) is 5.19. The summed E-state index contributed by atoms with van der Waals surface area (Å²) in [4.78, 5) is 26.9. The summed E-state index contributed by atoms with van der Waals surface area (Å²) in [5, 5.41) is 11.2. The minimum absolute atomic E-state index is 0.00346. The quantitative estimate of drug-likeness (QED) is 0.608. The van der Waals surface area contributed by atoms with E-state index in [9.17, 15) is 14.9 Å². The number of benzene rings is 1. The lowest BCUT2D eigenvalue weighted by Crippen LogP contribution is -2.49. The van der Waals surface area contributed by atoms with Crippen LogP contribution in [0.1, 0.15) is 25.0 Å². The molecule has 1 saturated heterocycles. The zero-order chi connectivity index (χ0) is 18.0. The van der Waals surface area contributed by atoms with Gasteiger partial charge < -0.3 is 14.4 Å². The van der Waals surface area contributed by atoms with Crippen LogP contribution in [0.25, 0.3) is 0 Å². The molecule has 0 saturated carbocycles. The van der Waals surface area contributed by atoms with Gasteiger partial charge in [-0.15, -0.1) is 0 Å². The van der Waals surface area contributed by atoms with Crippen LogP contribution < -0.4 is 4.74 Å². The van der Waals surface area contributed by atoms with Crippen molar-refractivity contribution in [2.24, 2.45) is 5.92 Å². The van der Waals surface area contributed by atoms with E-state index in [1.165, 1.54) is 6.07 Å². The second kappa shape index (κ2) is 7.37. The van der Waals surface area contributed by atoms with E-state index in [4.69, 9.17) is 9.47 Å². The summed E-state index contributed by atoms with van der Waals surface area (Å²) in [5.74, 6) is 0.870. The van der Waals surface area contributed by atoms with Gasteiger partial charge in [0, 0.05) is 61.9 Å². The van der Waals surface area contributed by atoms with Crippen molar-refractivity contribution in [1.82, 2.24) is 9.80 Å². The number of hydrogen-bond acceptors (Lipinski definition) is 6. The van der Waals surface area contributed by atoms with Crippen molar-refractivity contribution in [2.75, 3.05) is 33.0 Å². The molecule has 0 aromatic heterocycles. The second-order valence-corrected chi connectivity index (χ2v) is 6.72. The van der Waals surface area contributed by atoms with Gasteiger partial charge in [0.05, 0.1) is 11.5 Å². The molecule has 1 amide bonds. The Labute approximate surface area is 146 Å². The Morgan fingerprint density at radius 3 is 2.64 bits per heavy atom. The minimum atomic E-state index is -0.391. The van der Waals surface area contributed by atoms with Gasteiger partial charge in [-0.2, -0.15) is 0 Å². The third kappa shape index (κ3) is 3.91. The van der Waals surface area contributed by atoms with Crippen LogP contribution in [-0.4, -0.2) is 53.6 Å². The maximum atomic E-state index is 12.1. The molecule has 8 nitrogen and oxygen atoms in total. The number of amides is 1. The maximum absolute atomic E-state index is 12.1. The number of nitrogens with zero attached hydrogens (tertiary/aromatic N) is 3. The molecule has 0 unspecified atom stereocenters. The van der Waals surface area contributed by atoms with Crippen LogP contribution in [0.15, 0.2) is 12.1 Å². The fourth-order valence-corrected chi connectivity index (χ4v) is 3.24. The van der Waals surface area contributed by atoms with Gasteiger partial charge in [0.1, 0.15) is 5.75 Å². The fraction of sp³-hybridized carbons (Fsp3) is 0.588. The second-order valence-electron chi connectivity index (χ2n) is 6.72. The van der Waals surface area contributed by atoms with E-state index in [1.807, 2.05) is 18.7 Å². The van der Waals surface area contributed by atoms with Crippen molar-refractivity contribution in [2.45, 2.75) is 27.0 Å². The molecule has 2 aliphatic heterocycles. The molecule has 2 aliphatic rings. The predicted octanol–water partition coefficient (Wildman–Crippen LogP) is 1.76. The number of fused-ring (bicyclic) bond motifs is 1. The number of nitro groups is 1. The fourth-order valence-electron chi connectivity index (χ4n) is 3.24. The Morgan fingerprint density at radius 2 is 2.00 bits per heavy atom. The first-order valence-electron chi connectivity index (χ1n) is 8.47. The number of ether oxygens (including phenoxy) is 2. The van der Waals surface area contributed by atoms with Crippen molar-refractivity contribution in [3.8, 4) is 5.75 Å². The molecule has 1 aromatic carbocycles. The molecular weight excluding hydrogens is 326 g/mol. The number of non-ortho nitro benzene ring substituents is 1. The summed E-state index contributed by atoms with van der Waals surface area (Å²) in [6.45, 7) is 7.70. The number of carbonyl (C=O) groups excluding carboxylic acids is 1. The van der Waals surface area contributed by atoms with Crippen LogP contribution in [-0.2, 0) is 22.7 Å². The number of piperazine rings is 1. The Morgan fingerprint density at radius 1 is 1.28 bits per heavy atom. The number of nitro benzene ring substituents is 1. The average Bonchev–Trinajstić information content (AvgIpc) is 2.61. The van der Waals surface area contributed by atoms with Crippen molar-refractivity contribution < 1.29 is 19.2 Å². The van der Waals surface area contributed by atoms with Crippen molar-refractivity contribution in [3.63, 3.8) is 0 Å². The van der Waals surface area contributed by atoms with E-state index in [0.717, 1.165) is 18.7 Å². The Balaban J connectivity index is 1.72. The Bertz CT molecular complexity index is 668. The van der Waals surface area contributed by atoms with Gasteiger partial charge >= 0.3 is 0 Å². The lowest BCUT2D eigenvalue weighted by Gasteiger charge is -2.36. The summed E-state index contributed by atoms with van der Waals surface area (Å²) in [6.07, 6.45) is 0. The summed E-state index contributed by atoms with van der Waals surface area (Å²) in [7, 11) is 0. The lowest BCUT2D eigenvalue weighted by atomic mass is 10.1. The van der Waals surface area contributed by atoms with Gasteiger partial charge in [0.2, 0.25) is 5.91 Å². The van der Waals surface area contributed by atoms with E-state index in [0.29, 0.717) is 37.6 Å². The summed E-state index contributed by atoms with van der Waals surface area (Å²) in [5.41, 5.74) is 1.57. The first kappa shape index (κ1) is 17.6. The molecule has 1 fully saturated rings. The summed E-state index contributed by atoms with van der Waals surface area (Å²) >= 11 is 0. The molecule has 0 N–H and O–H groups in total. The molecule has 0 spiro atoms. The first-order chi connectivity index (χ1) is 12.0. The van der Waals surface area contributed by atoms with Crippen LogP contribution in [0.5, 0.6) is 5.75 Å². The van der Waals surface area contributed by atoms with Crippen molar-refractivity contribution in [3.05, 3.63) is 33.4 Å². The molecule has 3 rings (SSSR count). The first-order valence-corrected chi connectivity index (χ1v) is 8.47. The molecule has 136 valence electrons. The molecular formula is C17H23N3O5. The number of rotatable bonds is 4. The van der Waals surface area contributed by atoms with Crippen LogP contribution >= 0.6 is 0 Å². The van der Waals surface area contributed by atoms with Gasteiger partial charge in [0.25, 0.3) is 5.69 Å². The third-order valence-corrected chi connectivity index (χ3v) is 4.55. The molecule has 0 bridgehead atoms. The highest BCUT2D eigenvalue weighted by Gasteiger charge is 2.26. The van der Waals surface area contributed by atoms with Crippen molar-refractivity contribution >= 4 is 11.6 Å². The monoisotopic (exact) mass is 349 g/mol. The Hall–Kier alpha value is -2.19. The molecule has 25 heavy (non-hydrogen) atoms.